The van der Waals surface area contributed by atoms with Crippen LogP contribution in [0.1, 0.15) is 5.56 Å². The molecule has 4 heteroatoms. The molecule has 1 N–H and O–H groups in total. The van der Waals surface area contributed by atoms with Crippen molar-refractivity contribution in [2.24, 2.45) is 0 Å². The molecular formula is C10H7ClFNO. The van der Waals surface area contributed by atoms with Gasteiger partial charge >= 0.3 is 0 Å². The fourth-order valence-electron chi connectivity index (χ4n) is 1.44. The second-order valence-electron chi connectivity index (χ2n) is 3.11. The second kappa shape index (κ2) is 3.10. The summed E-state index contributed by atoms with van der Waals surface area (Å²) in [7, 11) is 0. The molecule has 1 aromatic heterocycles. The Balaban J connectivity index is 3.03. The van der Waals surface area contributed by atoms with Crippen molar-refractivity contribution in [1.29, 1.82) is 0 Å². The highest BCUT2D eigenvalue weighted by atomic mass is 35.5. The summed E-state index contributed by atoms with van der Waals surface area (Å²) in [6, 6.07) is 2.55. The molecule has 1 aromatic carbocycles. The molecule has 0 saturated heterocycles. The van der Waals surface area contributed by atoms with Gasteiger partial charge < -0.3 is 4.98 Å². The van der Waals surface area contributed by atoms with Gasteiger partial charge in [0.05, 0.1) is 10.9 Å². The molecule has 0 aliphatic carbocycles. The zero-order chi connectivity index (χ0) is 10.3. The summed E-state index contributed by atoms with van der Waals surface area (Å²) in [6.45, 7) is 1.73. The molecule has 0 aliphatic heterocycles. The number of nitrogens with one attached hydrogen (secondary N) is 1. The molecular weight excluding hydrogens is 205 g/mol. The van der Waals surface area contributed by atoms with Crippen molar-refractivity contribution in [3.05, 3.63) is 45.0 Å². The van der Waals surface area contributed by atoms with E-state index in [1.807, 2.05) is 0 Å². The van der Waals surface area contributed by atoms with E-state index in [2.05, 4.69) is 4.98 Å². The molecule has 0 saturated carbocycles. The van der Waals surface area contributed by atoms with E-state index in [0.717, 1.165) is 0 Å². The van der Waals surface area contributed by atoms with Gasteiger partial charge in [0.15, 0.2) is 0 Å². The number of hydrogen-bond donors (Lipinski definition) is 1. The second-order valence-corrected chi connectivity index (χ2v) is 3.52. The van der Waals surface area contributed by atoms with Gasteiger partial charge in [-0.1, -0.05) is 11.6 Å². The molecule has 0 spiro atoms. The summed E-state index contributed by atoms with van der Waals surface area (Å²) >= 11 is 5.63. The van der Waals surface area contributed by atoms with E-state index in [0.29, 0.717) is 11.1 Å². The van der Waals surface area contributed by atoms with Crippen LogP contribution in [-0.4, -0.2) is 4.98 Å². The Morgan fingerprint density at radius 3 is 2.86 bits per heavy atom. The Kier molecular flexibility index (Phi) is 2.04. The summed E-state index contributed by atoms with van der Waals surface area (Å²) in [5, 5.41) is 0.359. The van der Waals surface area contributed by atoms with E-state index in [4.69, 9.17) is 11.6 Å². The van der Waals surface area contributed by atoms with Crippen molar-refractivity contribution >= 4 is 22.5 Å². The van der Waals surface area contributed by atoms with Gasteiger partial charge in [-0.05, 0) is 24.6 Å². The van der Waals surface area contributed by atoms with Gasteiger partial charge in [0.25, 0.3) is 0 Å². The van der Waals surface area contributed by atoms with Gasteiger partial charge in [0.2, 0.25) is 5.43 Å². The van der Waals surface area contributed by atoms with Crippen molar-refractivity contribution in [3.8, 4) is 0 Å². The van der Waals surface area contributed by atoms with Gasteiger partial charge in [-0.3, -0.25) is 4.79 Å². The Hall–Kier alpha value is -1.35. The predicted molar refractivity (Wildman–Crippen MR) is 54.3 cm³/mol. The number of halogens is 2. The first-order valence-electron chi connectivity index (χ1n) is 4.06. The summed E-state index contributed by atoms with van der Waals surface area (Å²) in [5.74, 6) is -0.428. The maximum absolute atomic E-state index is 13.0. The SMILES string of the molecule is Cc1cc(F)cc2c(=O)c(Cl)c[nH]c12. The molecule has 0 bridgehead atoms. The molecule has 0 aliphatic rings. The van der Waals surface area contributed by atoms with Crippen LogP contribution < -0.4 is 5.43 Å². The lowest BCUT2D eigenvalue weighted by atomic mass is 10.1. The van der Waals surface area contributed by atoms with E-state index in [1.165, 1.54) is 18.3 Å². The zero-order valence-electron chi connectivity index (χ0n) is 7.40. The lowest BCUT2D eigenvalue weighted by Gasteiger charge is -2.02. The number of H-pyrrole nitrogens is 1. The molecule has 2 rings (SSSR count). The third kappa shape index (κ3) is 1.30. The molecule has 0 fully saturated rings. The van der Waals surface area contributed by atoms with Gasteiger partial charge in [0.1, 0.15) is 10.8 Å². The first-order valence-corrected chi connectivity index (χ1v) is 4.44. The monoisotopic (exact) mass is 211 g/mol. The average molecular weight is 212 g/mol. The maximum atomic E-state index is 13.0. The van der Waals surface area contributed by atoms with Crippen molar-refractivity contribution in [2.75, 3.05) is 0 Å². The molecule has 2 aromatic rings. The largest absolute Gasteiger partial charge is 0.359 e. The van der Waals surface area contributed by atoms with Crippen molar-refractivity contribution < 1.29 is 4.39 Å². The third-order valence-corrected chi connectivity index (χ3v) is 2.39. The van der Waals surface area contributed by atoms with E-state index in [1.54, 1.807) is 6.92 Å². The van der Waals surface area contributed by atoms with Crippen LogP contribution in [0.5, 0.6) is 0 Å². The lowest BCUT2D eigenvalue weighted by molar-refractivity contribution is 0.628. The predicted octanol–water partition coefficient (Wildman–Crippen LogP) is 2.63. The van der Waals surface area contributed by atoms with Crippen molar-refractivity contribution in [1.82, 2.24) is 4.98 Å². The molecule has 14 heavy (non-hydrogen) atoms. The third-order valence-electron chi connectivity index (χ3n) is 2.11. The number of aromatic amines is 1. The molecule has 72 valence electrons. The Labute approximate surface area is 84.3 Å². The Morgan fingerprint density at radius 2 is 2.14 bits per heavy atom. The van der Waals surface area contributed by atoms with Crippen LogP contribution in [0.4, 0.5) is 4.39 Å². The van der Waals surface area contributed by atoms with Crippen molar-refractivity contribution in [2.45, 2.75) is 6.92 Å². The number of pyridine rings is 1. The van der Waals surface area contributed by atoms with Crippen LogP contribution >= 0.6 is 11.6 Å². The number of hydrogen-bond acceptors (Lipinski definition) is 1. The molecule has 0 amide bonds. The Bertz CT molecular complexity index is 562. The first kappa shape index (κ1) is 9.21. The normalized spacial score (nSPS) is 10.8. The number of fused-ring (bicyclic) bond motifs is 1. The molecule has 0 unspecified atom stereocenters. The molecule has 2 nitrogen and oxygen atoms in total. The van der Waals surface area contributed by atoms with Crippen LogP contribution in [0.25, 0.3) is 10.9 Å². The van der Waals surface area contributed by atoms with E-state index in [-0.39, 0.29) is 15.8 Å². The number of benzene rings is 1. The fourth-order valence-corrected chi connectivity index (χ4v) is 1.60. The van der Waals surface area contributed by atoms with E-state index >= 15 is 0 Å². The minimum atomic E-state index is -0.428. The maximum Gasteiger partial charge on any atom is 0.208 e. The molecule has 0 radical (unpaired) electrons. The van der Waals surface area contributed by atoms with Crippen LogP contribution in [0.2, 0.25) is 5.02 Å². The number of rotatable bonds is 0. The average Bonchev–Trinajstić information content (AvgIpc) is 2.12. The van der Waals surface area contributed by atoms with Crippen LogP contribution in [0.15, 0.2) is 23.1 Å². The van der Waals surface area contributed by atoms with Crippen LogP contribution in [0, 0.1) is 12.7 Å². The first-order chi connectivity index (χ1) is 6.59. The highest BCUT2D eigenvalue weighted by molar-refractivity contribution is 6.31. The Morgan fingerprint density at radius 1 is 1.43 bits per heavy atom. The van der Waals surface area contributed by atoms with Crippen molar-refractivity contribution in [3.63, 3.8) is 0 Å². The minimum Gasteiger partial charge on any atom is -0.359 e. The fraction of sp³-hybridized carbons (Fsp3) is 0.100. The summed E-state index contributed by atoms with van der Waals surface area (Å²) in [6.07, 6.45) is 1.41. The smallest absolute Gasteiger partial charge is 0.208 e. The molecule has 1 heterocycles. The summed E-state index contributed by atoms with van der Waals surface area (Å²) in [4.78, 5) is 14.4. The number of aromatic nitrogens is 1. The quantitative estimate of drug-likeness (QED) is 0.714. The highest BCUT2D eigenvalue weighted by Crippen LogP contribution is 2.16. The minimum absolute atomic E-state index is 0.0718. The topological polar surface area (TPSA) is 32.9 Å². The van der Waals surface area contributed by atoms with Gasteiger partial charge in [-0.15, -0.1) is 0 Å². The van der Waals surface area contributed by atoms with Crippen LogP contribution in [-0.2, 0) is 0 Å². The van der Waals surface area contributed by atoms with Gasteiger partial charge in [-0.2, -0.15) is 0 Å². The molecule has 0 atom stereocenters. The lowest BCUT2D eigenvalue weighted by Crippen LogP contribution is -2.04. The summed E-state index contributed by atoms with van der Waals surface area (Å²) in [5.41, 5.74) is 0.970. The highest BCUT2D eigenvalue weighted by Gasteiger charge is 2.06. The van der Waals surface area contributed by atoms with Gasteiger partial charge in [-0.25, -0.2) is 4.39 Å². The standard InChI is InChI=1S/C10H7ClFNO/c1-5-2-6(12)3-7-9(5)13-4-8(11)10(7)14/h2-4H,1H3,(H,13,14). The van der Waals surface area contributed by atoms with E-state index < -0.39 is 5.82 Å². The zero-order valence-corrected chi connectivity index (χ0v) is 8.15. The van der Waals surface area contributed by atoms with Crippen LogP contribution in [0.3, 0.4) is 0 Å². The number of aryl methyl sites for hydroxylation is 1. The van der Waals surface area contributed by atoms with E-state index in [9.17, 15) is 9.18 Å². The van der Waals surface area contributed by atoms with Gasteiger partial charge in [0, 0.05) is 6.20 Å². The summed E-state index contributed by atoms with van der Waals surface area (Å²) < 4.78 is 13.0.